The van der Waals surface area contributed by atoms with Crippen LogP contribution in [0, 0.1) is 17.6 Å². The van der Waals surface area contributed by atoms with Gasteiger partial charge in [0.25, 0.3) is 0 Å². The molecule has 2 saturated heterocycles. The van der Waals surface area contributed by atoms with Crippen molar-refractivity contribution in [3.63, 3.8) is 0 Å². The van der Waals surface area contributed by atoms with Crippen LogP contribution in [-0.2, 0) is 12.8 Å². The number of H-pyrrole nitrogens is 2. The van der Waals surface area contributed by atoms with E-state index in [9.17, 15) is 9.59 Å². The maximum atomic E-state index is 15.2. The second kappa shape index (κ2) is 30.8. The first-order valence-corrected chi connectivity index (χ1v) is 32.6. The Labute approximate surface area is 536 Å². The van der Waals surface area contributed by atoms with Gasteiger partial charge in [0.2, 0.25) is 0 Å². The highest BCUT2D eigenvalue weighted by Gasteiger charge is 2.25. The Kier molecular flexibility index (Phi) is 22.5. The van der Waals surface area contributed by atoms with Crippen molar-refractivity contribution in [1.29, 1.82) is 0 Å². The third-order valence-corrected chi connectivity index (χ3v) is 17.9. The van der Waals surface area contributed by atoms with E-state index in [1.807, 2.05) is 49.4 Å². The minimum Gasteiger partial charge on any atom is -0.373 e. The number of aliphatic imine (C=N–C) groups is 2. The van der Waals surface area contributed by atoms with E-state index < -0.39 is 23.0 Å². The summed E-state index contributed by atoms with van der Waals surface area (Å²) in [5.41, 5.74) is 13.5. The summed E-state index contributed by atoms with van der Waals surface area (Å²) in [6, 6.07) is 28.3. The fourth-order valence-electron chi connectivity index (χ4n) is 12.6. The number of fused-ring (bicyclic) bond motifs is 2. The highest BCUT2D eigenvalue weighted by molar-refractivity contribution is 6.31. The minimum atomic E-state index is -0.504. The van der Waals surface area contributed by atoms with E-state index in [0.29, 0.717) is 62.6 Å². The molecule has 8 heterocycles. The summed E-state index contributed by atoms with van der Waals surface area (Å²) in [5, 5.41) is 22.9. The molecule has 10 N–H and O–H groups in total. The molecule has 0 amide bonds. The second-order valence-corrected chi connectivity index (χ2v) is 25.6. The van der Waals surface area contributed by atoms with Gasteiger partial charge in [-0.3, -0.25) is 19.1 Å². The molecule has 5 atom stereocenters. The molecule has 0 saturated carbocycles. The normalized spacial score (nSPS) is 19.0. The maximum absolute atomic E-state index is 15.2. The van der Waals surface area contributed by atoms with Gasteiger partial charge in [-0.1, -0.05) is 81.6 Å². The average molecular weight is 1270 g/mol. The number of aromatic nitrogens is 6. The van der Waals surface area contributed by atoms with Crippen LogP contribution in [0.3, 0.4) is 0 Å². The van der Waals surface area contributed by atoms with Crippen LogP contribution in [0.15, 0.2) is 117 Å². The van der Waals surface area contributed by atoms with Gasteiger partial charge in [-0.25, -0.2) is 18.4 Å². The number of rotatable bonds is 19. The van der Waals surface area contributed by atoms with Gasteiger partial charge in [0, 0.05) is 90.7 Å². The lowest BCUT2D eigenvalue weighted by atomic mass is 9.92. The van der Waals surface area contributed by atoms with Crippen molar-refractivity contribution < 1.29 is 8.78 Å². The molecule has 12 rings (SSSR count). The minimum absolute atomic E-state index is 0. The van der Waals surface area contributed by atoms with Crippen LogP contribution in [0.5, 0.6) is 0 Å². The maximum Gasteiger partial charge on any atom is 0.354 e. The largest absolute Gasteiger partial charge is 0.373 e. The Balaban J connectivity index is 0.000000196. The van der Waals surface area contributed by atoms with E-state index in [2.05, 4.69) is 99.9 Å². The van der Waals surface area contributed by atoms with Crippen LogP contribution in [0.2, 0.25) is 10.0 Å². The Morgan fingerprint density at radius 3 is 1.59 bits per heavy atom. The van der Waals surface area contributed by atoms with Crippen molar-refractivity contribution in [2.24, 2.45) is 21.6 Å². The number of nitrogens with one attached hydrogen (secondary N) is 8. The van der Waals surface area contributed by atoms with Crippen LogP contribution in [0.1, 0.15) is 133 Å². The zero-order chi connectivity index (χ0) is 62.0. The second-order valence-electron chi connectivity index (χ2n) is 24.8. The molecule has 4 aromatic carbocycles. The molecular formula is C69H87Cl2F2N15O2. The molecule has 0 aliphatic carbocycles. The van der Waals surface area contributed by atoms with Crippen molar-refractivity contribution in [1.82, 2.24) is 61.0 Å². The van der Waals surface area contributed by atoms with Gasteiger partial charge in [0.1, 0.15) is 23.0 Å². The fraction of sp³-hybridized carbons (Fsp3) is 0.449. The highest BCUT2D eigenvalue weighted by atomic mass is 35.5. The van der Waals surface area contributed by atoms with E-state index >= 15 is 8.78 Å². The lowest BCUT2D eigenvalue weighted by Crippen LogP contribution is -2.47. The number of piperidine rings is 2. The van der Waals surface area contributed by atoms with E-state index in [-0.39, 0.29) is 35.6 Å². The van der Waals surface area contributed by atoms with E-state index in [4.69, 9.17) is 28.9 Å². The fourth-order valence-corrected chi connectivity index (χ4v) is 13.1. The molecule has 8 aromatic rings. The quantitative estimate of drug-likeness (QED) is 0.0370. The Morgan fingerprint density at radius 2 is 1.11 bits per heavy atom. The van der Waals surface area contributed by atoms with Gasteiger partial charge >= 0.3 is 11.4 Å². The number of hydrogen-bond donors (Lipinski definition) is 9. The predicted molar refractivity (Wildman–Crippen MR) is 363 cm³/mol. The smallest absolute Gasteiger partial charge is 0.354 e. The Morgan fingerprint density at radius 1 is 0.633 bits per heavy atom. The topological polar surface area (TPSA) is 224 Å². The molecule has 4 aliphatic rings. The summed E-state index contributed by atoms with van der Waals surface area (Å²) >= 11 is 12.6. The molecule has 0 bridgehead atoms. The monoisotopic (exact) mass is 1270 g/mol. The van der Waals surface area contributed by atoms with Gasteiger partial charge in [0.05, 0.1) is 59.0 Å². The number of aromatic amines is 2. The number of nitrogens with two attached hydrogens (primary N) is 1. The van der Waals surface area contributed by atoms with Crippen LogP contribution in [0.4, 0.5) is 8.78 Å². The Hall–Kier alpha value is -7.10. The first-order valence-electron chi connectivity index (χ1n) is 31.8. The molecule has 0 spiro atoms. The lowest BCUT2D eigenvalue weighted by molar-refractivity contribution is 0.312. The number of hydrogen-bond acceptors (Lipinski definition) is 13. The zero-order valence-electron chi connectivity index (χ0n) is 51.1. The van der Waals surface area contributed by atoms with Gasteiger partial charge in [0.15, 0.2) is 11.6 Å². The molecule has 478 valence electrons. The molecule has 0 radical (unpaired) electrons. The Bertz CT molecular complexity index is 3910. The van der Waals surface area contributed by atoms with Crippen LogP contribution >= 0.6 is 23.2 Å². The molecule has 5 unspecified atom stereocenters. The average Bonchev–Trinajstić information content (AvgIpc) is 1.93. The van der Waals surface area contributed by atoms with Gasteiger partial charge in [-0.15, -0.1) is 0 Å². The molecule has 4 aliphatic heterocycles. The number of amidine groups is 2. The SMILES string of the molecule is C.CC(C)CCCc1cc(Cl)c(F)c(-c2cc3cn(-c4ccc(C5CCCC(CNC6=NCCNC6)N5)cc4)c(=O)nc3[nH]2)c1.CC(N)CCCc1cc(Cl)c(F)c(-c2cc3cn(-c4ccc(C5CCCC(CCNC6=NCCNC6)N5)cc4)c(=O)nc3[nH]2)c1. The number of nitrogens with zero attached hydrogens (tertiary/aromatic N) is 6. The van der Waals surface area contributed by atoms with Crippen molar-refractivity contribution in [2.45, 2.75) is 142 Å². The summed E-state index contributed by atoms with van der Waals surface area (Å²) in [4.78, 5) is 50.1. The number of benzene rings is 4. The third-order valence-electron chi connectivity index (χ3n) is 17.4. The summed E-state index contributed by atoms with van der Waals surface area (Å²) in [6.45, 7) is 13.3. The van der Waals surface area contributed by atoms with Crippen LogP contribution in [0.25, 0.3) is 56.0 Å². The number of aryl methyl sites for hydroxylation is 2. The van der Waals surface area contributed by atoms with Crippen LogP contribution in [-0.4, -0.2) is 111 Å². The predicted octanol–water partition coefficient (Wildman–Crippen LogP) is 11.6. The number of halogens is 4. The lowest BCUT2D eigenvalue weighted by Gasteiger charge is -2.32. The summed E-state index contributed by atoms with van der Waals surface area (Å²) in [6.07, 6.45) is 16.7. The van der Waals surface area contributed by atoms with E-state index in [1.54, 1.807) is 30.6 Å². The summed E-state index contributed by atoms with van der Waals surface area (Å²) in [5.74, 6) is 1.71. The first kappa shape index (κ1) is 65.8. The van der Waals surface area contributed by atoms with E-state index in [1.165, 1.54) is 26.7 Å². The molecular weight excluding hydrogens is 1180 g/mol. The standard InChI is InChI=1S/C34H42ClFN8O.C34H41ClFN7O.CH4/c1-21(37)4-2-5-22-16-27(32(36)28(35)17-22)30-18-24-20-44(34(45)43-33(24)42-30)26-10-8-23(9-11-26)29-7-3-6-25(41-29)12-13-39-31-19-38-14-15-40-31;1-21(2)5-3-6-22-15-27(32(36)28(35)16-22)30-17-24-20-43(34(44)42-33(24)41-30)26-11-9-23(10-12-26)29-8-4-7-25(40-29)18-39-31-19-37-13-14-38-31;/h8-11,16-18,20-21,25,29,38,41H,2-7,12-15,19,37H2,1H3,(H,39,40)(H,42,43,45);9-12,15-17,20-21,25,29,37,40H,3-8,13-14,18-19H2,1-2H3,(H,38,39)(H,41,42,44);1H4. The highest BCUT2D eigenvalue weighted by Crippen LogP contribution is 2.35. The molecule has 4 aromatic heterocycles. The van der Waals surface area contributed by atoms with Crippen molar-refractivity contribution in [3.8, 4) is 33.9 Å². The van der Waals surface area contributed by atoms with Crippen molar-refractivity contribution in [3.05, 3.63) is 162 Å². The molecule has 21 heteroatoms. The molecule has 2 fully saturated rings. The molecule has 17 nitrogen and oxygen atoms in total. The third kappa shape index (κ3) is 16.7. The van der Waals surface area contributed by atoms with Gasteiger partial charge < -0.3 is 47.6 Å². The van der Waals surface area contributed by atoms with Crippen LogP contribution < -0.4 is 49.0 Å². The van der Waals surface area contributed by atoms with Crippen molar-refractivity contribution in [2.75, 3.05) is 52.4 Å². The van der Waals surface area contributed by atoms with E-state index in [0.717, 1.165) is 164 Å². The van der Waals surface area contributed by atoms with Gasteiger partial charge in [-0.05, 0) is 166 Å². The summed E-state index contributed by atoms with van der Waals surface area (Å²) < 4.78 is 33.4. The summed E-state index contributed by atoms with van der Waals surface area (Å²) in [7, 11) is 0. The van der Waals surface area contributed by atoms with Crippen molar-refractivity contribution >= 4 is 56.9 Å². The first-order chi connectivity index (χ1) is 43.2. The molecule has 90 heavy (non-hydrogen) atoms. The zero-order valence-corrected chi connectivity index (χ0v) is 52.7. The van der Waals surface area contributed by atoms with Gasteiger partial charge in [-0.2, -0.15) is 9.97 Å².